The summed E-state index contributed by atoms with van der Waals surface area (Å²) in [4.78, 5) is 12.5. The molecule has 0 bridgehead atoms. The van der Waals surface area contributed by atoms with Crippen molar-refractivity contribution in [3.63, 3.8) is 0 Å². The van der Waals surface area contributed by atoms with Gasteiger partial charge in [-0.1, -0.05) is 0 Å². The summed E-state index contributed by atoms with van der Waals surface area (Å²) in [6, 6.07) is -0.0621. The Morgan fingerprint density at radius 3 is 3.20 bits per heavy atom. The maximum Gasteiger partial charge on any atom is 0.321 e. The second-order valence-corrected chi connectivity index (χ2v) is 2.05. The van der Waals surface area contributed by atoms with Crippen molar-refractivity contribution in [2.75, 3.05) is 19.6 Å². The van der Waals surface area contributed by atoms with Crippen LogP contribution in [0, 0.1) is 0 Å². The van der Waals surface area contributed by atoms with Crippen molar-refractivity contribution in [2.24, 2.45) is 5.73 Å². The van der Waals surface area contributed by atoms with Gasteiger partial charge >= 0.3 is 6.03 Å². The second kappa shape index (κ2) is 3.22. The molecule has 0 radical (unpaired) electrons. The summed E-state index contributed by atoms with van der Waals surface area (Å²) in [6.45, 7) is 1.71. The molecule has 1 aliphatic heterocycles. The average molecular weight is 141 g/mol. The van der Waals surface area contributed by atoms with Crippen LogP contribution in [0.3, 0.4) is 0 Å². The van der Waals surface area contributed by atoms with Gasteiger partial charge in [0.25, 0.3) is 0 Å². The third-order valence-corrected chi connectivity index (χ3v) is 1.29. The van der Waals surface area contributed by atoms with Crippen LogP contribution in [0.5, 0.6) is 0 Å². The Kier molecular flexibility index (Phi) is 2.28. The van der Waals surface area contributed by atoms with Gasteiger partial charge in [0.15, 0.2) is 0 Å². The zero-order chi connectivity index (χ0) is 7.40. The third kappa shape index (κ3) is 1.48. The van der Waals surface area contributed by atoms with Gasteiger partial charge in [-0.05, 0) is 6.08 Å². The van der Waals surface area contributed by atoms with Gasteiger partial charge in [-0.25, -0.2) is 4.79 Å². The average Bonchev–Trinajstić information content (AvgIpc) is 1.94. The van der Waals surface area contributed by atoms with Crippen molar-refractivity contribution >= 4 is 6.03 Å². The van der Waals surface area contributed by atoms with Gasteiger partial charge in [-0.3, -0.25) is 0 Å². The number of nitrogens with zero attached hydrogens (tertiary/aromatic N) is 1. The summed E-state index contributed by atoms with van der Waals surface area (Å²) < 4.78 is 0. The lowest BCUT2D eigenvalue weighted by Gasteiger charge is -2.20. The Labute approximate surface area is 59.7 Å². The van der Waals surface area contributed by atoms with Crippen molar-refractivity contribution in [1.29, 1.82) is 0 Å². The molecule has 4 heteroatoms. The van der Waals surface area contributed by atoms with E-state index < -0.39 is 0 Å². The number of carbonyl (C=O) groups is 1. The van der Waals surface area contributed by atoms with Crippen molar-refractivity contribution in [2.45, 2.75) is 0 Å². The molecule has 0 spiro atoms. The minimum atomic E-state index is -0.0621. The smallest absolute Gasteiger partial charge is 0.321 e. The normalized spacial score (nSPS) is 17.3. The minimum absolute atomic E-state index is 0.0621. The first kappa shape index (κ1) is 7.08. The maximum atomic E-state index is 10.9. The molecule has 4 nitrogen and oxygen atoms in total. The first-order chi connectivity index (χ1) is 4.84. The SMILES string of the molecule is NCCN1C=CCNC1=O. The number of hydrogen-bond donors (Lipinski definition) is 2. The molecule has 1 heterocycles. The summed E-state index contributed by atoms with van der Waals surface area (Å²) in [6.07, 6.45) is 3.64. The van der Waals surface area contributed by atoms with Gasteiger partial charge in [0.2, 0.25) is 0 Å². The van der Waals surface area contributed by atoms with Crippen LogP contribution < -0.4 is 11.1 Å². The first-order valence-electron chi connectivity index (χ1n) is 3.26. The van der Waals surface area contributed by atoms with Crippen LogP contribution in [-0.2, 0) is 0 Å². The summed E-state index contributed by atoms with van der Waals surface area (Å²) >= 11 is 0. The monoisotopic (exact) mass is 141 g/mol. The maximum absolute atomic E-state index is 10.9. The molecule has 0 saturated carbocycles. The predicted molar refractivity (Wildman–Crippen MR) is 38.3 cm³/mol. The van der Waals surface area contributed by atoms with E-state index in [0.29, 0.717) is 19.6 Å². The number of carbonyl (C=O) groups excluding carboxylic acids is 1. The number of amides is 2. The molecule has 1 aliphatic rings. The van der Waals surface area contributed by atoms with Crippen LogP contribution in [0.1, 0.15) is 0 Å². The molecule has 2 amide bonds. The van der Waals surface area contributed by atoms with Crippen molar-refractivity contribution < 1.29 is 4.79 Å². The van der Waals surface area contributed by atoms with Crippen molar-refractivity contribution in [3.05, 3.63) is 12.3 Å². The van der Waals surface area contributed by atoms with E-state index in [1.807, 2.05) is 6.08 Å². The van der Waals surface area contributed by atoms with Gasteiger partial charge in [0.1, 0.15) is 0 Å². The summed E-state index contributed by atoms with van der Waals surface area (Å²) in [5, 5.41) is 2.66. The van der Waals surface area contributed by atoms with Crippen LogP contribution in [0.2, 0.25) is 0 Å². The molecule has 0 aromatic heterocycles. The van der Waals surface area contributed by atoms with E-state index in [4.69, 9.17) is 5.73 Å². The first-order valence-corrected chi connectivity index (χ1v) is 3.26. The van der Waals surface area contributed by atoms with E-state index >= 15 is 0 Å². The van der Waals surface area contributed by atoms with Gasteiger partial charge in [-0.2, -0.15) is 0 Å². The van der Waals surface area contributed by atoms with E-state index in [9.17, 15) is 4.79 Å². The molecule has 0 unspecified atom stereocenters. The zero-order valence-corrected chi connectivity index (χ0v) is 5.71. The summed E-state index contributed by atoms with van der Waals surface area (Å²) in [5.41, 5.74) is 5.27. The largest absolute Gasteiger partial charge is 0.334 e. The highest BCUT2D eigenvalue weighted by atomic mass is 16.2. The van der Waals surface area contributed by atoms with E-state index in [1.165, 1.54) is 0 Å². The molecule has 1 rings (SSSR count). The number of hydrogen-bond acceptors (Lipinski definition) is 2. The topological polar surface area (TPSA) is 58.4 Å². The number of nitrogens with two attached hydrogens (primary N) is 1. The Bertz CT molecular complexity index is 155. The van der Waals surface area contributed by atoms with E-state index in [0.717, 1.165) is 0 Å². The highest BCUT2D eigenvalue weighted by Crippen LogP contribution is 1.94. The van der Waals surface area contributed by atoms with E-state index in [1.54, 1.807) is 11.1 Å². The van der Waals surface area contributed by atoms with Gasteiger partial charge in [-0.15, -0.1) is 0 Å². The fourth-order valence-electron chi connectivity index (χ4n) is 0.811. The molecule has 0 aliphatic carbocycles. The molecular formula is C6H11N3O. The number of nitrogens with one attached hydrogen (secondary N) is 1. The van der Waals surface area contributed by atoms with Crippen LogP contribution >= 0.6 is 0 Å². The molecule has 0 atom stereocenters. The summed E-state index contributed by atoms with van der Waals surface area (Å²) in [5.74, 6) is 0. The Morgan fingerprint density at radius 1 is 1.80 bits per heavy atom. The molecule has 56 valence electrons. The van der Waals surface area contributed by atoms with Crippen LogP contribution in [-0.4, -0.2) is 30.6 Å². The lowest BCUT2D eigenvalue weighted by molar-refractivity contribution is 0.215. The van der Waals surface area contributed by atoms with Gasteiger partial charge in [0, 0.05) is 25.8 Å². The summed E-state index contributed by atoms with van der Waals surface area (Å²) in [7, 11) is 0. The number of urea groups is 1. The zero-order valence-electron chi connectivity index (χ0n) is 5.71. The highest BCUT2D eigenvalue weighted by molar-refractivity contribution is 5.76. The molecular weight excluding hydrogens is 130 g/mol. The van der Waals surface area contributed by atoms with Gasteiger partial charge in [0.05, 0.1) is 0 Å². The Morgan fingerprint density at radius 2 is 2.60 bits per heavy atom. The Balaban J connectivity index is 2.47. The fraction of sp³-hybridized carbons (Fsp3) is 0.500. The quantitative estimate of drug-likeness (QED) is 0.544. The third-order valence-electron chi connectivity index (χ3n) is 1.29. The van der Waals surface area contributed by atoms with E-state index in [2.05, 4.69) is 5.32 Å². The predicted octanol–water partition coefficient (Wildman–Crippen LogP) is -0.516. The lowest BCUT2D eigenvalue weighted by atomic mass is 10.4. The highest BCUT2D eigenvalue weighted by Gasteiger charge is 2.10. The molecule has 0 saturated heterocycles. The van der Waals surface area contributed by atoms with Crippen molar-refractivity contribution in [3.8, 4) is 0 Å². The minimum Gasteiger partial charge on any atom is -0.334 e. The fourth-order valence-corrected chi connectivity index (χ4v) is 0.811. The second-order valence-electron chi connectivity index (χ2n) is 2.05. The molecule has 0 aromatic carbocycles. The Hall–Kier alpha value is -1.03. The number of rotatable bonds is 2. The lowest BCUT2D eigenvalue weighted by Crippen LogP contribution is -2.42. The van der Waals surface area contributed by atoms with Gasteiger partial charge < -0.3 is 16.0 Å². The molecule has 0 fully saturated rings. The van der Waals surface area contributed by atoms with Crippen LogP contribution in [0.25, 0.3) is 0 Å². The molecule has 0 aromatic rings. The van der Waals surface area contributed by atoms with Crippen LogP contribution in [0.15, 0.2) is 12.3 Å². The van der Waals surface area contributed by atoms with E-state index in [-0.39, 0.29) is 6.03 Å². The van der Waals surface area contributed by atoms with Crippen LogP contribution in [0.4, 0.5) is 4.79 Å². The van der Waals surface area contributed by atoms with Crippen molar-refractivity contribution in [1.82, 2.24) is 10.2 Å². The molecule has 3 N–H and O–H groups in total. The molecule has 10 heavy (non-hydrogen) atoms. The standard InChI is InChI=1S/C6H11N3O/c7-2-5-9-4-1-3-8-6(9)10/h1,4H,2-3,5,7H2,(H,8,10).